The molecule has 12 heavy (non-hydrogen) atoms. The SMILES string of the molecule is CC(C)[N@@+]1(C)CC[C@@H](O)N1C=O. The van der Waals surface area contributed by atoms with Crippen molar-refractivity contribution >= 4 is 6.41 Å². The quantitative estimate of drug-likeness (QED) is 0.469. The maximum absolute atomic E-state index is 10.7. The highest BCUT2D eigenvalue weighted by Crippen LogP contribution is 2.25. The number of hydrogen-bond donors (Lipinski definition) is 1. The van der Waals surface area contributed by atoms with Crippen molar-refractivity contribution in [2.75, 3.05) is 13.6 Å². The second-order valence-electron chi connectivity index (χ2n) is 3.79. The largest absolute Gasteiger partial charge is 0.369 e. The van der Waals surface area contributed by atoms with Crippen LogP contribution in [0.15, 0.2) is 0 Å². The van der Waals surface area contributed by atoms with Crippen molar-refractivity contribution < 1.29 is 14.5 Å². The smallest absolute Gasteiger partial charge is 0.258 e. The summed E-state index contributed by atoms with van der Waals surface area (Å²) >= 11 is 0. The molecule has 0 unspecified atom stereocenters. The first-order valence-electron chi connectivity index (χ1n) is 4.29. The summed E-state index contributed by atoms with van der Waals surface area (Å²) in [6, 6.07) is 0.326. The van der Waals surface area contributed by atoms with Crippen LogP contribution in [0.3, 0.4) is 0 Å². The molecule has 4 nitrogen and oxygen atoms in total. The van der Waals surface area contributed by atoms with Gasteiger partial charge in [-0.1, -0.05) is 0 Å². The Morgan fingerprint density at radius 2 is 2.25 bits per heavy atom. The van der Waals surface area contributed by atoms with Crippen molar-refractivity contribution in [3.63, 3.8) is 0 Å². The summed E-state index contributed by atoms with van der Waals surface area (Å²) in [5.74, 6) is 0. The lowest BCUT2D eigenvalue weighted by atomic mass is 10.3. The van der Waals surface area contributed by atoms with Gasteiger partial charge in [-0.25, -0.2) is 4.59 Å². The standard InChI is InChI=1S/C8H17N2O2/c1-7(2)10(3)5-4-8(12)9(10)6-11/h6-8,12H,4-5H2,1-3H3/q+1/t8-,10-/m1/s1. The van der Waals surface area contributed by atoms with Gasteiger partial charge in [0, 0.05) is 6.42 Å². The lowest BCUT2D eigenvalue weighted by Gasteiger charge is -2.38. The Hall–Kier alpha value is -0.610. The third kappa shape index (κ3) is 1.21. The van der Waals surface area contributed by atoms with Crippen LogP contribution in [0.4, 0.5) is 0 Å². The maximum atomic E-state index is 10.7. The molecule has 2 atom stereocenters. The lowest BCUT2D eigenvalue weighted by molar-refractivity contribution is -1.01. The molecule has 1 saturated heterocycles. The molecule has 0 aromatic heterocycles. The highest BCUT2D eigenvalue weighted by atomic mass is 16.3. The molecule has 0 aromatic carbocycles. The number of carbonyl (C=O) groups is 1. The van der Waals surface area contributed by atoms with Crippen molar-refractivity contribution in [1.82, 2.24) is 5.01 Å². The molecule has 4 heteroatoms. The van der Waals surface area contributed by atoms with Crippen LogP contribution in [0, 0.1) is 0 Å². The topological polar surface area (TPSA) is 40.5 Å². The number of nitrogens with zero attached hydrogens (tertiary/aromatic N) is 2. The fourth-order valence-corrected chi connectivity index (χ4v) is 1.63. The molecular weight excluding hydrogens is 156 g/mol. The number of quaternary nitrogens is 1. The van der Waals surface area contributed by atoms with Gasteiger partial charge in [-0.05, 0) is 13.8 Å². The van der Waals surface area contributed by atoms with Crippen molar-refractivity contribution in [2.45, 2.75) is 32.5 Å². The van der Waals surface area contributed by atoms with E-state index in [1.165, 1.54) is 5.01 Å². The second kappa shape index (κ2) is 3.03. The molecule has 1 N–H and O–H groups in total. The monoisotopic (exact) mass is 173 g/mol. The molecule has 1 amide bonds. The predicted molar refractivity (Wildman–Crippen MR) is 44.7 cm³/mol. The average molecular weight is 173 g/mol. The molecule has 1 aliphatic rings. The summed E-state index contributed by atoms with van der Waals surface area (Å²) in [6.45, 7) is 4.93. The molecule has 1 heterocycles. The summed E-state index contributed by atoms with van der Waals surface area (Å²) in [4.78, 5) is 10.7. The van der Waals surface area contributed by atoms with Crippen molar-refractivity contribution in [3.05, 3.63) is 0 Å². The van der Waals surface area contributed by atoms with E-state index in [2.05, 4.69) is 13.8 Å². The first-order chi connectivity index (χ1) is 5.52. The molecule has 0 spiro atoms. The van der Waals surface area contributed by atoms with E-state index in [-0.39, 0.29) is 0 Å². The van der Waals surface area contributed by atoms with Gasteiger partial charge in [0.2, 0.25) is 0 Å². The summed E-state index contributed by atoms with van der Waals surface area (Å²) < 4.78 is 0.519. The van der Waals surface area contributed by atoms with Crippen LogP contribution in [0.2, 0.25) is 0 Å². The van der Waals surface area contributed by atoms with Gasteiger partial charge in [0.05, 0.1) is 7.05 Å². The molecule has 1 rings (SSSR count). The molecule has 0 aliphatic carbocycles. The van der Waals surface area contributed by atoms with Gasteiger partial charge in [0.25, 0.3) is 6.41 Å². The highest BCUT2D eigenvalue weighted by Gasteiger charge is 2.43. The predicted octanol–water partition coefficient (Wildman–Crippen LogP) is -0.0631. The number of carbonyl (C=O) groups excluding carboxylic acids is 1. The Labute approximate surface area is 72.9 Å². The molecule has 1 aliphatic heterocycles. The zero-order chi connectivity index (χ0) is 9.35. The molecular formula is C8H17N2O2+. The first kappa shape index (κ1) is 9.48. The lowest BCUT2D eigenvalue weighted by Crippen LogP contribution is -2.58. The zero-order valence-electron chi connectivity index (χ0n) is 7.90. The van der Waals surface area contributed by atoms with E-state index in [1.807, 2.05) is 7.05 Å². The molecule has 0 bridgehead atoms. The fourth-order valence-electron chi connectivity index (χ4n) is 1.63. The van der Waals surface area contributed by atoms with Crippen LogP contribution >= 0.6 is 0 Å². The molecule has 0 radical (unpaired) electrons. The molecule has 70 valence electrons. The van der Waals surface area contributed by atoms with E-state index in [4.69, 9.17) is 0 Å². The van der Waals surface area contributed by atoms with E-state index in [0.29, 0.717) is 17.1 Å². The van der Waals surface area contributed by atoms with E-state index >= 15 is 0 Å². The Morgan fingerprint density at radius 3 is 2.58 bits per heavy atom. The molecule has 0 saturated carbocycles. The van der Waals surface area contributed by atoms with Crippen LogP contribution in [0.1, 0.15) is 20.3 Å². The highest BCUT2D eigenvalue weighted by molar-refractivity contribution is 5.45. The Morgan fingerprint density at radius 1 is 1.67 bits per heavy atom. The van der Waals surface area contributed by atoms with Gasteiger partial charge in [-0.3, -0.25) is 4.79 Å². The van der Waals surface area contributed by atoms with E-state index in [9.17, 15) is 9.90 Å². The van der Waals surface area contributed by atoms with Gasteiger partial charge in [-0.15, -0.1) is 0 Å². The van der Waals surface area contributed by atoms with E-state index < -0.39 is 6.23 Å². The number of amides is 1. The van der Waals surface area contributed by atoms with E-state index in [1.54, 1.807) is 0 Å². The van der Waals surface area contributed by atoms with Crippen LogP contribution in [0.25, 0.3) is 0 Å². The van der Waals surface area contributed by atoms with Crippen molar-refractivity contribution in [1.29, 1.82) is 0 Å². The minimum absolute atomic E-state index is 0.326. The zero-order valence-corrected chi connectivity index (χ0v) is 7.90. The normalized spacial score (nSPS) is 36.1. The van der Waals surface area contributed by atoms with E-state index in [0.717, 1.165) is 13.0 Å². The van der Waals surface area contributed by atoms with Gasteiger partial charge >= 0.3 is 0 Å². The number of aliphatic hydroxyl groups is 1. The van der Waals surface area contributed by atoms with Gasteiger partial charge < -0.3 is 5.11 Å². The Kier molecular flexibility index (Phi) is 2.39. The molecule has 0 aromatic rings. The van der Waals surface area contributed by atoms with Gasteiger partial charge in [0.15, 0.2) is 6.23 Å². The summed E-state index contributed by atoms with van der Waals surface area (Å²) in [5, 5.41) is 10.9. The van der Waals surface area contributed by atoms with Crippen LogP contribution in [-0.2, 0) is 4.79 Å². The second-order valence-corrected chi connectivity index (χ2v) is 3.79. The number of rotatable bonds is 2. The van der Waals surface area contributed by atoms with Crippen LogP contribution < -0.4 is 0 Å². The summed E-state index contributed by atoms with van der Waals surface area (Å²) in [6.07, 6.45) is 0.806. The van der Waals surface area contributed by atoms with Crippen molar-refractivity contribution in [3.8, 4) is 0 Å². The van der Waals surface area contributed by atoms with Crippen LogP contribution in [-0.4, -0.2) is 47.0 Å². The minimum Gasteiger partial charge on any atom is -0.369 e. The average Bonchev–Trinajstić information content (AvgIpc) is 2.29. The van der Waals surface area contributed by atoms with Gasteiger partial charge in [-0.2, -0.15) is 5.01 Å². The third-order valence-corrected chi connectivity index (χ3v) is 2.89. The van der Waals surface area contributed by atoms with Crippen molar-refractivity contribution in [2.24, 2.45) is 0 Å². The third-order valence-electron chi connectivity index (χ3n) is 2.89. The Balaban J connectivity index is 2.84. The fraction of sp³-hybridized carbons (Fsp3) is 0.875. The number of aliphatic hydroxyl groups excluding tert-OH is 1. The summed E-state index contributed by atoms with van der Waals surface area (Å²) in [5.41, 5.74) is 0. The molecule has 1 fully saturated rings. The number of hydrogen-bond acceptors (Lipinski definition) is 2. The van der Waals surface area contributed by atoms with Crippen LogP contribution in [0.5, 0.6) is 0 Å². The summed E-state index contributed by atoms with van der Waals surface area (Å²) in [7, 11) is 1.97. The maximum Gasteiger partial charge on any atom is 0.258 e. The Bertz CT molecular complexity index is 184. The van der Waals surface area contributed by atoms with Gasteiger partial charge in [0.1, 0.15) is 12.6 Å². The first-order valence-corrected chi connectivity index (χ1v) is 4.29. The minimum atomic E-state index is -0.602.